The number of aliphatic hydroxyl groups excluding tert-OH is 1. The van der Waals surface area contributed by atoms with Crippen molar-refractivity contribution in [3.63, 3.8) is 0 Å². The van der Waals surface area contributed by atoms with E-state index in [1.54, 1.807) is 6.92 Å². The number of amides is 2. The van der Waals surface area contributed by atoms with Gasteiger partial charge in [-0.25, -0.2) is 9.48 Å². The first-order chi connectivity index (χ1) is 17.3. The molecule has 0 spiro atoms. The van der Waals surface area contributed by atoms with Crippen molar-refractivity contribution in [2.24, 2.45) is 5.16 Å². The van der Waals surface area contributed by atoms with Crippen LogP contribution in [0.25, 0.3) is 0 Å². The molecule has 0 aliphatic carbocycles. The predicted molar refractivity (Wildman–Crippen MR) is 128 cm³/mol. The number of aliphatic hydroxyl groups is 1. The van der Waals surface area contributed by atoms with Crippen molar-refractivity contribution < 1.29 is 29.4 Å². The van der Waals surface area contributed by atoms with Crippen LogP contribution < -0.4 is 11.1 Å². The number of tetrazole rings is 1. The van der Waals surface area contributed by atoms with Crippen LogP contribution in [0.3, 0.4) is 0 Å². The van der Waals surface area contributed by atoms with Gasteiger partial charge in [0.15, 0.2) is 5.13 Å². The van der Waals surface area contributed by atoms with Gasteiger partial charge in [0.05, 0.1) is 13.2 Å². The number of carbonyl (C=O) groups is 3. The maximum absolute atomic E-state index is 13.0. The smallest absolute Gasteiger partial charge is 0.352 e. The SMILES string of the molecule is CCO/N=C(\C(=O)NC1C(=O)N2C(C(=O)O)=C(CSc3nnnn3CCO)CS[C@H]12)c1nsc(N)n1. The summed E-state index contributed by atoms with van der Waals surface area (Å²) in [5, 5.41) is 36.4. The number of hydrogen-bond donors (Lipinski definition) is 4. The van der Waals surface area contributed by atoms with E-state index in [-0.39, 0.29) is 47.9 Å². The lowest BCUT2D eigenvalue weighted by Gasteiger charge is -2.49. The number of nitrogen functional groups attached to an aromatic ring is 1. The number of carbonyl (C=O) groups excluding carboxylic acids is 2. The quantitative estimate of drug-likeness (QED) is 0.106. The molecule has 4 rings (SSSR count). The molecule has 2 amide bonds. The normalized spacial score (nSPS) is 19.7. The number of anilines is 1. The van der Waals surface area contributed by atoms with Gasteiger partial charge in [0, 0.05) is 23.0 Å². The summed E-state index contributed by atoms with van der Waals surface area (Å²) in [5.74, 6) is -2.11. The highest BCUT2D eigenvalue weighted by Crippen LogP contribution is 2.41. The van der Waals surface area contributed by atoms with Crippen LogP contribution in [-0.4, -0.2) is 104 Å². The summed E-state index contributed by atoms with van der Waals surface area (Å²) < 4.78 is 5.36. The first-order valence-corrected chi connectivity index (χ1v) is 13.2. The van der Waals surface area contributed by atoms with Gasteiger partial charge in [0.1, 0.15) is 23.7 Å². The second-order valence-corrected chi connectivity index (χ2v) is 9.96. The molecule has 0 aromatic carbocycles. The van der Waals surface area contributed by atoms with Gasteiger partial charge in [-0.05, 0) is 22.9 Å². The van der Waals surface area contributed by atoms with Gasteiger partial charge in [-0.3, -0.25) is 14.5 Å². The lowest BCUT2D eigenvalue weighted by atomic mass is 10.0. The van der Waals surface area contributed by atoms with Gasteiger partial charge in [0.25, 0.3) is 11.8 Å². The summed E-state index contributed by atoms with van der Waals surface area (Å²) in [6.45, 7) is 1.90. The van der Waals surface area contributed by atoms with Gasteiger partial charge in [0.2, 0.25) is 16.7 Å². The molecule has 1 saturated heterocycles. The molecule has 2 aliphatic rings. The van der Waals surface area contributed by atoms with Crippen molar-refractivity contribution in [2.45, 2.75) is 30.0 Å². The van der Waals surface area contributed by atoms with Gasteiger partial charge >= 0.3 is 5.97 Å². The summed E-state index contributed by atoms with van der Waals surface area (Å²) in [6, 6.07) is -0.981. The van der Waals surface area contributed by atoms with Crippen molar-refractivity contribution in [1.29, 1.82) is 0 Å². The Morgan fingerprint density at radius 1 is 1.42 bits per heavy atom. The molecule has 19 heteroatoms. The molecule has 2 atom stereocenters. The molecule has 2 aliphatic heterocycles. The van der Waals surface area contributed by atoms with Crippen molar-refractivity contribution in [2.75, 3.05) is 30.5 Å². The van der Waals surface area contributed by atoms with E-state index in [0.717, 1.165) is 16.4 Å². The molecule has 1 fully saturated rings. The maximum atomic E-state index is 13.0. The summed E-state index contributed by atoms with van der Waals surface area (Å²) in [4.78, 5) is 48.0. The Morgan fingerprint density at radius 3 is 2.89 bits per heavy atom. The minimum Gasteiger partial charge on any atom is -0.477 e. The highest BCUT2D eigenvalue weighted by Gasteiger charge is 2.54. The molecule has 2 aromatic rings. The van der Waals surface area contributed by atoms with E-state index in [2.05, 4.69) is 35.4 Å². The lowest BCUT2D eigenvalue weighted by molar-refractivity contribution is -0.150. The van der Waals surface area contributed by atoms with E-state index in [9.17, 15) is 19.5 Å². The minimum atomic E-state index is -1.26. The number of aromatic nitrogens is 6. The average Bonchev–Trinajstić information content (AvgIpc) is 3.49. The number of carboxylic acid groups (broad SMARTS) is 1. The van der Waals surface area contributed by atoms with E-state index < -0.39 is 29.2 Å². The zero-order valence-corrected chi connectivity index (χ0v) is 21.0. The Bertz CT molecular complexity index is 1230. The van der Waals surface area contributed by atoms with Crippen LogP contribution in [0, 0.1) is 0 Å². The van der Waals surface area contributed by atoms with Gasteiger partial charge in [-0.1, -0.05) is 16.9 Å². The fourth-order valence-electron chi connectivity index (χ4n) is 3.33. The van der Waals surface area contributed by atoms with Crippen molar-refractivity contribution in [3.05, 3.63) is 17.1 Å². The summed E-state index contributed by atoms with van der Waals surface area (Å²) >= 11 is 3.38. The third-order valence-corrected chi connectivity index (χ3v) is 7.80. The Balaban J connectivity index is 1.48. The topological polar surface area (TPSA) is 224 Å². The number of thioether (sulfide) groups is 2. The highest BCUT2D eigenvalue weighted by atomic mass is 32.2. The van der Waals surface area contributed by atoms with Gasteiger partial charge < -0.3 is 26.1 Å². The number of aliphatic carboxylic acids is 1. The van der Waals surface area contributed by atoms with Crippen molar-refractivity contribution >= 4 is 63.7 Å². The van der Waals surface area contributed by atoms with Crippen LogP contribution in [0.5, 0.6) is 0 Å². The minimum absolute atomic E-state index is 0.0441. The Labute approximate surface area is 215 Å². The summed E-state index contributed by atoms with van der Waals surface area (Å²) in [7, 11) is 0. The lowest BCUT2D eigenvalue weighted by Crippen LogP contribution is -2.71. The summed E-state index contributed by atoms with van der Waals surface area (Å²) in [6.07, 6.45) is 0. The zero-order chi connectivity index (χ0) is 25.8. The number of carboxylic acids is 1. The molecular weight excluding hydrogens is 536 g/mol. The Morgan fingerprint density at radius 2 is 2.22 bits per heavy atom. The molecule has 1 unspecified atom stereocenters. The standard InChI is InChI=1S/C17H20N10O6S3/c1-2-33-22-8(11-20-16(18)36-23-11)12(29)19-9-13(30)27-10(15(31)32)7(5-34-14(9)27)6-35-17-21-24-25-26(17)3-4-28/h9,14,28H,2-6H2,1H3,(H,19,29)(H,31,32)(H2,18,20,23)/b22-8-/t9?,14-/m1/s1. The number of nitrogens with one attached hydrogen (secondary N) is 1. The van der Waals surface area contributed by atoms with Crippen LogP contribution >= 0.6 is 35.1 Å². The third-order valence-electron chi connectivity index (χ3n) is 4.88. The Kier molecular flexibility index (Phi) is 8.01. The number of β-lactam (4-membered cyclic amide) rings is 1. The average molecular weight is 557 g/mol. The highest BCUT2D eigenvalue weighted by molar-refractivity contribution is 8.01. The first-order valence-electron chi connectivity index (χ1n) is 10.4. The first kappa shape index (κ1) is 25.8. The van der Waals surface area contributed by atoms with Gasteiger partial charge in [-0.2, -0.15) is 9.36 Å². The number of nitrogens with zero attached hydrogens (tertiary/aromatic N) is 8. The second kappa shape index (κ2) is 11.2. The molecule has 5 N–H and O–H groups in total. The summed E-state index contributed by atoms with van der Waals surface area (Å²) in [5.41, 5.74) is 5.72. The van der Waals surface area contributed by atoms with E-state index in [1.165, 1.54) is 28.2 Å². The number of oxime groups is 1. The van der Waals surface area contributed by atoms with Crippen molar-refractivity contribution in [1.82, 2.24) is 39.8 Å². The third kappa shape index (κ3) is 5.13. The molecule has 0 saturated carbocycles. The molecule has 16 nitrogen and oxygen atoms in total. The number of hydrogen-bond acceptors (Lipinski definition) is 15. The molecule has 4 heterocycles. The molecule has 192 valence electrons. The fraction of sp³-hybridized carbons (Fsp3) is 0.471. The number of fused-ring (bicyclic) bond motifs is 1. The van der Waals surface area contributed by atoms with Crippen LogP contribution in [-0.2, 0) is 25.8 Å². The van der Waals surface area contributed by atoms with Gasteiger partial charge in [-0.15, -0.1) is 16.9 Å². The second-order valence-electron chi connectivity index (χ2n) is 7.13. The maximum Gasteiger partial charge on any atom is 0.352 e. The predicted octanol–water partition coefficient (Wildman–Crippen LogP) is -1.63. The molecule has 2 aromatic heterocycles. The van der Waals surface area contributed by atoms with Crippen LogP contribution in [0.1, 0.15) is 12.7 Å². The molecular formula is C17H20N10O6S3. The Hall–Kier alpha value is -3.29. The van der Waals surface area contributed by atoms with E-state index >= 15 is 0 Å². The van der Waals surface area contributed by atoms with Crippen LogP contribution in [0.15, 0.2) is 21.6 Å². The van der Waals surface area contributed by atoms with Crippen molar-refractivity contribution in [3.8, 4) is 0 Å². The molecule has 0 radical (unpaired) electrons. The number of rotatable bonds is 11. The van der Waals surface area contributed by atoms with Crippen LogP contribution in [0.2, 0.25) is 0 Å². The van der Waals surface area contributed by atoms with Crippen LogP contribution in [0.4, 0.5) is 5.13 Å². The fourth-order valence-corrected chi connectivity index (χ4v) is 6.16. The largest absolute Gasteiger partial charge is 0.477 e. The number of nitrogens with two attached hydrogens (primary N) is 1. The van der Waals surface area contributed by atoms with E-state index in [0.29, 0.717) is 16.5 Å². The van der Waals surface area contributed by atoms with E-state index in [1.807, 2.05) is 0 Å². The monoisotopic (exact) mass is 556 g/mol. The van der Waals surface area contributed by atoms with E-state index in [4.69, 9.17) is 15.7 Å². The molecule has 0 bridgehead atoms. The zero-order valence-electron chi connectivity index (χ0n) is 18.6. The molecule has 36 heavy (non-hydrogen) atoms.